The van der Waals surface area contributed by atoms with Crippen LogP contribution >= 0.6 is 23.2 Å². The number of halogens is 2. The van der Waals surface area contributed by atoms with Crippen molar-refractivity contribution in [2.45, 2.75) is 19.3 Å². The molecule has 0 aromatic carbocycles. The second-order valence-corrected chi connectivity index (χ2v) is 3.64. The summed E-state index contributed by atoms with van der Waals surface area (Å²) in [6, 6.07) is 0. The van der Waals surface area contributed by atoms with Gasteiger partial charge in [0.25, 0.3) is 0 Å². The van der Waals surface area contributed by atoms with Gasteiger partial charge < -0.3 is 5.11 Å². The maximum atomic E-state index is 10.3. The van der Waals surface area contributed by atoms with Crippen molar-refractivity contribution in [2.24, 2.45) is 0 Å². The summed E-state index contributed by atoms with van der Waals surface area (Å²) >= 11 is 11.7. The van der Waals surface area contributed by atoms with Crippen LogP contribution in [-0.2, 0) is 11.2 Å². The Hall–Kier alpha value is -0.800. The summed E-state index contributed by atoms with van der Waals surface area (Å²) in [6.07, 6.45) is 4.22. The molecule has 5 heteroatoms. The van der Waals surface area contributed by atoms with Crippen LogP contribution in [0.4, 0.5) is 0 Å². The molecular formula is C9H9Cl2NO2. The SMILES string of the molecule is O=C(O)CCCc1c(Cl)cncc1Cl. The molecule has 0 spiro atoms. The molecule has 1 heterocycles. The molecule has 0 unspecified atom stereocenters. The lowest BCUT2D eigenvalue weighted by atomic mass is 10.1. The highest BCUT2D eigenvalue weighted by Gasteiger charge is 2.06. The number of nitrogens with zero attached hydrogens (tertiary/aromatic N) is 1. The summed E-state index contributed by atoms with van der Waals surface area (Å²) in [5.41, 5.74) is 0.768. The van der Waals surface area contributed by atoms with Crippen LogP contribution < -0.4 is 0 Å². The van der Waals surface area contributed by atoms with Gasteiger partial charge >= 0.3 is 5.97 Å². The average molecular weight is 234 g/mol. The fraction of sp³-hybridized carbons (Fsp3) is 0.333. The molecule has 0 radical (unpaired) electrons. The zero-order valence-corrected chi connectivity index (χ0v) is 8.85. The standard InChI is InChI=1S/C9H9Cl2NO2/c10-7-4-12-5-8(11)6(7)2-1-3-9(13)14/h4-5H,1-3H2,(H,13,14). The molecule has 0 amide bonds. The number of carbonyl (C=O) groups is 1. The highest BCUT2D eigenvalue weighted by Crippen LogP contribution is 2.24. The van der Waals surface area contributed by atoms with Crippen LogP contribution in [0.5, 0.6) is 0 Å². The molecule has 0 bridgehead atoms. The third-order valence-corrected chi connectivity index (χ3v) is 2.42. The molecule has 76 valence electrons. The van der Waals surface area contributed by atoms with E-state index >= 15 is 0 Å². The third kappa shape index (κ3) is 3.16. The Morgan fingerprint density at radius 3 is 2.43 bits per heavy atom. The van der Waals surface area contributed by atoms with Crippen LogP contribution in [-0.4, -0.2) is 16.1 Å². The summed E-state index contributed by atoms with van der Waals surface area (Å²) in [5.74, 6) is -0.814. The molecule has 0 atom stereocenters. The van der Waals surface area contributed by atoms with Crippen molar-refractivity contribution in [2.75, 3.05) is 0 Å². The predicted octanol–water partition coefficient (Wildman–Crippen LogP) is 2.80. The first-order chi connectivity index (χ1) is 6.61. The molecule has 0 saturated heterocycles. The van der Waals surface area contributed by atoms with Crippen molar-refractivity contribution in [3.8, 4) is 0 Å². The zero-order chi connectivity index (χ0) is 10.6. The number of aliphatic carboxylic acids is 1. The number of hydrogen-bond donors (Lipinski definition) is 1. The van der Waals surface area contributed by atoms with Crippen LogP contribution in [0.3, 0.4) is 0 Å². The fourth-order valence-corrected chi connectivity index (χ4v) is 1.65. The average Bonchev–Trinajstić information content (AvgIpc) is 2.09. The second-order valence-electron chi connectivity index (χ2n) is 2.83. The lowest BCUT2D eigenvalue weighted by Gasteiger charge is -2.04. The maximum absolute atomic E-state index is 10.3. The van der Waals surface area contributed by atoms with Crippen molar-refractivity contribution in [1.82, 2.24) is 4.98 Å². The van der Waals surface area contributed by atoms with E-state index in [4.69, 9.17) is 28.3 Å². The molecule has 14 heavy (non-hydrogen) atoms. The van der Waals surface area contributed by atoms with Crippen molar-refractivity contribution in [1.29, 1.82) is 0 Å². The number of rotatable bonds is 4. The first-order valence-electron chi connectivity index (χ1n) is 4.11. The van der Waals surface area contributed by atoms with Gasteiger partial charge in [0.05, 0.1) is 10.0 Å². The van der Waals surface area contributed by atoms with Gasteiger partial charge in [-0.15, -0.1) is 0 Å². The Balaban J connectivity index is 2.62. The Morgan fingerprint density at radius 2 is 1.93 bits per heavy atom. The van der Waals surface area contributed by atoms with E-state index in [-0.39, 0.29) is 6.42 Å². The molecule has 0 aliphatic rings. The quantitative estimate of drug-likeness (QED) is 0.871. The van der Waals surface area contributed by atoms with Gasteiger partial charge in [0.15, 0.2) is 0 Å². The summed E-state index contributed by atoms with van der Waals surface area (Å²) in [4.78, 5) is 14.1. The van der Waals surface area contributed by atoms with E-state index in [2.05, 4.69) is 4.98 Å². The lowest BCUT2D eigenvalue weighted by molar-refractivity contribution is -0.137. The van der Waals surface area contributed by atoms with Gasteiger partial charge in [-0.1, -0.05) is 23.2 Å². The number of hydrogen-bond acceptors (Lipinski definition) is 2. The minimum Gasteiger partial charge on any atom is -0.481 e. The van der Waals surface area contributed by atoms with E-state index < -0.39 is 5.97 Å². The van der Waals surface area contributed by atoms with Crippen molar-refractivity contribution in [3.63, 3.8) is 0 Å². The molecule has 0 aliphatic heterocycles. The molecule has 0 aliphatic carbocycles. The van der Waals surface area contributed by atoms with Crippen LogP contribution in [0.1, 0.15) is 18.4 Å². The van der Waals surface area contributed by atoms with Crippen molar-refractivity contribution < 1.29 is 9.90 Å². The molecular weight excluding hydrogens is 225 g/mol. The summed E-state index contributed by atoms with van der Waals surface area (Å²) in [7, 11) is 0. The van der Waals surface area contributed by atoms with E-state index in [0.717, 1.165) is 5.56 Å². The highest BCUT2D eigenvalue weighted by molar-refractivity contribution is 6.35. The maximum Gasteiger partial charge on any atom is 0.303 e. The van der Waals surface area contributed by atoms with Gasteiger partial charge in [-0.3, -0.25) is 9.78 Å². The molecule has 1 N–H and O–H groups in total. The number of carboxylic acid groups (broad SMARTS) is 1. The van der Waals surface area contributed by atoms with Gasteiger partial charge in [-0.25, -0.2) is 0 Å². The lowest BCUT2D eigenvalue weighted by Crippen LogP contribution is -1.97. The molecule has 0 fully saturated rings. The van der Waals surface area contributed by atoms with E-state index in [0.29, 0.717) is 22.9 Å². The van der Waals surface area contributed by atoms with Gasteiger partial charge in [0, 0.05) is 18.8 Å². The summed E-state index contributed by atoms with van der Waals surface area (Å²) in [5, 5.41) is 9.43. The smallest absolute Gasteiger partial charge is 0.303 e. The van der Waals surface area contributed by atoms with Crippen LogP contribution in [0.2, 0.25) is 10.0 Å². The Kier molecular flexibility index (Phi) is 4.17. The summed E-state index contributed by atoms with van der Waals surface area (Å²) in [6.45, 7) is 0. The number of carboxylic acids is 1. The topological polar surface area (TPSA) is 50.2 Å². The van der Waals surface area contributed by atoms with Gasteiger partial charge in [-0.2, -0.15) is 0 Å². The third-order valence-electron chi connectivity index (χ3n) is 1.77. The number of aromatic nitrogens is 1. The predicted molar refractivity (Wildman–Crippen MR) is 54.8 cm³/mol. The Labute approximate surface area is 91.7 Å². The minimum absolute atomic E-state index is 0.120. The molecule has 1 aromatic heterocycles. The van der Waals surface area contributed by atoms with E-state index in [1.807, 2.05) is 0 Å². The zero-order valence-electron chi connectivity index (χ0n) is 7.33. The van der Waals surface area contributed by atoms with Crippen molar-refractivity contribution >= 4 is 29.2 Å². The van der Waals surface area contributed by atoms with E-state index in [1.165, 1.54) is 12.4 Å². The van der Waals surface area contributed by atoms with Gasteiger partial charge in [0.1, 0.15) is 0 Å². The molecule has 3 nitrogen and oxygen atoms in total. The minimum atomic E-state index is -0.814. The highest BCUT2D eigenvalue weighted by atomic mass is 35.5. The van der Waals surface area contributed by atoms with E-state index in [1.54, 1.807) is 0 Å². The first kappa shape index (κ1) is 11.3. The Bertz CT molecular complexity index is 321. The summed E-state index contributed by atoms with van der Waals surface area (Å²) < 4.78 is 0. The normalized spacial score (nSPS) is 10.1. The van der Waals surface area contributed by atoms with Gasteiger partial charge in [-0.05, 0) is 18.4 Å². The molecule has 1 aromatic rings. The van der Waals surface area contributed by atoms with Crippen LogP contribution in [0.25, 0.3) is 0 Å². The molecule has 0 saturated carbocycles. The van der Waals surface area contributed by atoms with Crippen LogP contribution in [0.15, 0.2) is 12.4 Å². The second kappa shape index (κ2) is 5.17. The van der Waals surface area contributed by atoms with Crippen LogP contribution in [0, 0.1) is 0 Å². The monoisotopic (exact) mass is 233 g/mol. The first-order valence-corrected chi connectivity index (χ1v) is 4.86. The largest absolute Gasteiger partial charge is 0.481 e. The fourth-order valence-electron chi connectivity index (χ4n) is 1.09. The van der Waals surface area contributed by atoms with E-state index in [9.17, 15) is 4.79 Å². The molecule has 1 rings (SSSR count). The van der Waals surface area contributed by atoms with Gasteiger partial charge in [0.2, 0.25) is 0 Å². The Morgan fingerprint density at radius 1 is 1.36 bits per heavy atom. The van der Waals surface area contributed by atoms with Crippen molar-refractivity contribution in [3.05, 3.63) is 28.0 Å². The number of pyridine rings is 1.